The summed E-state index contributed by atoms with van der Waals surface area (Å²) in [6, 6.07) is 24.0. The van der Waals surface area contributed by atoms with Crippen molar-refractivity contribution >= 4 is 40.2 Å². The third-order valence-corrected chi connectivity index (χ3v) is 8.35. The van der Waals surface area contributed by atoms with E-state index in [-0.39, 0.29) is 29.8 Å². The third kappa shape index (κ3) is 4.54. The van der Waals surface area contributed by atoms with Gasteiger partial charge in [-0.15, -0.1) is 0 Å². The maximum Gasteiger partial charge on any atom is 0.268 e. The van der Waals surface area contributed by atoms with Crippen molar-refractivity contribution in [3.8, 4) is 11.1 Å². The maximum atomic E-state index is 13.7. The summed E-state index contributed by atoms with van der Waals surface area (Å²) in [6.07, 6.45) is 0. The maximum absolute atomic E-state index is 13.7. The third-order valence-electron chi connectivity index (χ3n) is 8.02. The number of para-hydroxylation sites is 1. The number of nitrogens with one attached hydrogen (secondary N) is 2. The van der Waals surface area contributed by atoms with Crippen molar-refractivity contribution in [2.75, 3.05) is 13.1 Å². The normalized spacial score (nSPS) is 18.9. The van der Waals surface area contributed by atoms with Gasteiger partial charge >= 0.3 is 0 Å². The van der Waals surface area contributed by atoms with Crippen LogP contribution in [0.4, 0.5) is 0 Å². The highest BCUT2D eigenvalue weighted by Gasteiger charge is 2.57. The number of carbonyl (C=O) groups excluding carboxylic acids is 3. The molecule has 3 atom stereocenters. The largest absolute Gasteiger partial charge is 0.351 e. The van der Waals surface area contributed by atoms with Crippen LogP contribution in [0.1, 0.15) is 41.6 Å². The Kier molecular flexibility index (Phi) is 6.42. The molecule has 1 aromatic heterocycles. The van der Waals surface area contributed by atoms with Gasteiger partial charge in [0.2, 0.25) is 5.91 Å². The van der Waals surface area contributed by atoms with Crippen molar-refractivity contribution < 1.29 is 14.4 Å². The number of hydrogen-bond donors (Lipinski definition) is 2. The second-order valence-corrected chi connectivity index (χ2v) is 12.1. The average Bonchev–Trinajstić information content (AvgIpc) is 3.37. The Hall–Kier alpha value is -4.10. The first kappa shape index (κ1) is 26.1. The number of H-pyrrole nitrogens is 1. The number of aromatic amines is 1. The van der Waals surface area contributed by atoms with E-state index in [1.165, 1.54) is 0 Å². The highest BCUT2D eigenvalue weighted by atomic mass is 35.5. The van der Waals surface area contributed by atoms with E-state index in [2.05, 4.69) is 10.3 Å². The number of likely N-dealkylation sites (tertiary alicyclic amines) is 2. The lowest BCUT2D eigenvalue weighted by Gasteiger charge is -2.62. The fourth-order valence-electron chi connectivity index (χ4n) is 5.61. The summed E-state index contributed by atoms with van der Waals surface area (Å²) < 4.78 is 0. The van der Waals surface area contributed by atoms with Gasteiger partial charge in [-0.1, -0.05) is 87.0 Å². The molecule has 0 aliphatic carbocycles. The van der Waals surface area contributed by atoms with Crippen molar-refractivity contribution in [1.82, 2.24) is 20.1 Å². The molecule has 2 aliphatic rings. The van der Waals surface area contributed by atoms with Gasteiger partial charge in [-0.25, -0.2) is 0 Å². The lowest BCUT2D eigenvalue weighted by Crippen LogP contribution is -2.82. The van der Waals surface area contributed by atoms with Crippen LogP contribution in [0, 0.1) is 5.41 Å². The molecule has 2 N–H and O–H groups in total. The number of halogens is 1. The molecule has 3 heterocycles. The number of fused-ring (bicyclic) bond motifs is 2. The highest BCUT2D eigenvalue weighted by molar-refractivity contribution is 6.34. The molecule has 8 heteroatoms. The molecule has 7 nitrogen and oxygen atoms in total. The number of nitrogens with zero attached hydrogens (tertiary/aromatic N) is 2. The van der Waals surface area contributed by atoms with Crippen LogP contribution in [0.25, 0.3) is 22.0 Å². The van der Waals surface area contributed by atoms with Crippen LogP contribution in [0.5, 0.6) is 0 Å². The van der Waals surface area contributed by atoms with Gasteiger partial charge in [0.1, 0.15) is 11.7 Å². The van der Waals surface area contributed by atoms with E-state index in [0.717, 1.165) is 22.0 Å². The summed E-state index contributed by atoms with van der Waals surface area (Å²) >= 11 is 6.45. The average molecular weight is 555 g/mol. The first-order chi connectivity index (χ1) is 19.1. The quantitative estimate of drug-likeness (QED) is 0.348. The van der Waals surface area contributed by atoms with Crippen LogP contribution in [0.3, 0.4) is 0 Å². The zero-order chi connectivity index (χ0) is 28.2. The predicted octanol–water partition coefficient (Wildman–Crippen LogP) is 5.37. The summed E-state index contributed by atoms with van der Waals surface area (Å²) in [6.45, 7) is 6.69. The molecule has 40 heavy (non-hydrogen) atoms. The topological polar surface area (TPSA) is 85.5 Å². The van der Waals surface area contributed by atoms with Crippen LogP contribution in [-0.2, 0) is 4.79 Å². The molecule has 0 bridgehead atoms. The lowest BCUT2D eigenvalue weighted by atomic mass is 9.80. The Morgan fingerprint density at radius 2 is 1.55 bits per heavy atom. The second-order valence-electron chi connectivity index (χ2n) is 11.7. The number of aromatic nitrogens is 1. The molecule has 2 aliphatic heterocycles. The lowest BCUT2D eigenvalue weighted by molar-refractivity contribution is -0.163. The van der Waals surface area contributed by atoms with Crippen LogP contribution in [0.2, 0.25) is 5.02 Å². The molecule has 2 fully saturated rings. The van der Waals surface area contributed by atoms with Crippen LogP contribution < -0.4 is 5.32 Å². The fourth-order valence-corrected chi connectivity index (χ4v) is 5.81. The number of piperazine rings is 1. The molecular formula is C32H31ClN4O3. The van der Waals surface area contributed by atoms with E-state index in [1.54, 1.807) is 21.9 Å². The molecule has 0 spiro atoms. The van der Waals surface area contributed by atoms with Gasteiger partial charge < -0.3 is 20.1 Å². The molecule has 0 radical (unpaired) electrons. The Labute approximate surface area is 238 Å². The molecule has 3 aromatic carbocycles. The van der Waals surface area contributed by atoms with Gasteiger partial charge in [-0.05, 0) is 40.8 Å². The molecule has 6 rings (SSSR count). The zero-order valence-corrected chi connectivity index (χ0v) is 23.4. The number of carbonyl (C=O) groups is 3. The minimum Gasteiger partial charge on any atom is -0.351 e. The summed E-state index contributed by atoms with van der Waals surface area (Å²) in [5, 5.41) is 4.32. The van der Waals surface area contributed by atoms with Crippen molar-refractivity contribution in [3.63, 3.8) is 0 Å². The Morgan fingerprint density at radius 3 is 2.23 bits per heavy atom. The van der Waals surface area contributed by atoms with Gasteiger partial charge in [0, 0.05) is 24.0 Å². The summed E-state index contributed by atoms with van der Waals surface area (Å²) in [5.74, 6) is -0.579. The van der Waals surface area contributed by atoms with Crippen molar-refractivity contribution in [2.24, 2.45) is 5.41 Å². The standard InChI is InChI=1S/C32H31ClN4O3/c1-32(2,3)28(35-29(38)25-16-21-11-7-8-12-24(21)34-25)31(40)37-18-26-27(37)17-36(26)30(39)22-15-20(13-14-23(22)33)19-9-5-4-6-10-19/h4-16,26-28,34H,17-18H2,1-3H3,(H,35,38)/t26-,27+,28-/m1/s1. The first-order valence-electron chi connectivity index (χ1n) is 13.5. The molecule has 2 saturated heterocycles. The molecule has 0 unspecified atom stereocenters. The number of amides is 3. The van der Waals surface area contributed by atoms with E-state index in [0.29, 0.717) is 29.4 Å². The molecule has 0 saturated carbocycles. The Balaban J connectivity index is 1.14. The van der Waals surface area contributed by atoms with Gasteiger partial charge in [0.15, 0.2) is 0 Å². The number of rotatable bonds is 5. The predicted molar refractivity (Wildman–Crippen MR) is 156 cm³/mol. The number of benzene rings is 3. The molecule has 204 valence electrons. The second kappa shape index (κ2) is 9.82. The van der Waals surface area contributed by atoms with Gasteiger partial charge in [-0.2, -0.15) is 0 Å². The highest BCUT2D eigenvalue weighted by Crippen LogP contribution is 2.38. The molecule has 4 aromatic rings. The van der Waals surface area contributed by atoms with Crippen molar-refractivity contribution in [2.45, 2.75) is 38.9 Å². The molecule has 3 amide bonds. The van der Waals surface area contributed by atoms with E-state index in [9.17, 15) is 14.4 Å². The Bertz CT molecular complexity index is 1590. The van der Waals surface area contributed by atoms with Gasteiger partial charge in [0.05, 0.1) is 22.7 Å². The van der Waals surface area contributed by atoms with E-state index in [4.69, 9.17) is 11.6 Å². The minimum atomic E-state index is -0.714. The van der Waals surface area contributed by atoms with E-state index >= 15 is 0 Å². The van der Waals surface area contributed by atoms with Crippen LogP contribution >= 0.6 is 11.6 Å². The van der Waals surface area contributed by atoms with Crippen molar-refractivity contribution in [1.29, 1.82) is 0 Å². The fraction of sp³-hybridized carbons (Fsp3) is 0.281. The Morgan fingerprint density at radius 1 is 0.875 bits per heavy atom. The van der Waals surface area contributed by atoms with E-state index < -0.39 is 11.5 Å². The molecular weight excluding hydrogens is 524 g/mol. The summed E-state index contributed by atoms with van der Waals surface area (Å²) in [7, 11) is 0. The summed E-state index contributed by atoms with van der Waals surface area (Å²) in [5.41, 5.74) is 3.18. The first-order valence-corrected chi connectivity index (χ1v) is 13.8. The van der Waals surface area contributed by atoms with Crippen molar-refractivity contribution in [3.05, 3.63) is 95.1 Å². The van der Waals surface area contributed by atoms with Gasteiger partial charge in [-0.3, -0.25) is 14.4 Å². The smallest absolute Gasteiger partial charge is 0.268 e. The monoisotopic (exact) mass is 554 g/mol. The summed E-state index contributed by atoms with van der Waals surface area (Å²) in [4.78, 5) is 47.0. The number of hydrogen-bond acceptors (Lipinski definition) is 3. The SMILES string of the molecule is CC(C)(C)[C@H](NC(=O)c1cc2ccccc2[nH]1)C(=O)N1C[C@@H]2[C@@H]1CN2C(=O)c1cc(-c2ccccc2)ccc1Cl. The zero-order valence-electron chi connectivity index (χ0n) is 22.6. The van der Waals surface area contributed by atoms with Crippen LogP contribution in [-0.4, -0.2) is 63.7 Å². The van der Waals surface area contributed by atoms with Gasteiger partial charge in [0.25, 0.3) is 11.8 Å². The minimum absolute atomic E-state index is 0.0575. The van der Waals surface area contributed by atoms with E-state index in [1.807, 2.05) is 87.5 Å². The van der Waals surface area contributed by atoms with Crippen LogP contribution in [0.15, 0.2) is 78.9 Å².